The molecule has 0 saturated carbocycles. The Hall–Kier alpha value is -3.39. The number of aromatic nitrogens is 1. The van der Waals surface area contributed by atoms with Gasteiger partial charge in [-0.2, -0.15) is 0 Å². The van der Waals surface area contributed by atoms with Gasteiger partial charge in [0.25, 0.3) is 5.91 Å². The van der Waals surface area contributed by atoms with Crippen molar-refractivity contribution in [3.63, 3.8) is 0 Å². The van der Waals surface area contributed by atoms with Gasteiger partial charge in [0, 0.05) is 17.9 Å². The van der Waals surface area contributed by atoms with Crippen molar-refractivity contribution >= 4 is 34.6 Å². The SMILES string of the molecule is C=CCNC(=O)Nc1ccc(NC(=O)c2sc(-c3ccc(C)o3)nc2C)cc1. The molecule has 0 atom stereocenters. The zero-order valence-electron chi connectivity index (χ0n) is 15.5. The molecule has 0 aliphatic carbocycles. The van der Waals surface area contributed by atoms with Crippen molar-refractivity contribution in [2.24, 2.45) is 0 Å². The maximum Gasteiger partial charge on any atom is 0.319 e. The number of aryl methyl sites for hydroxylation is 2. The van der Waals surface area contributed by atoms with E-state index in [4.69, 9.17) is 4.42 Å². The van der Waals surface area contributed by atoms with Crippen LogP contribution >= 0.6 is 11.3 Å². The molecule has 7 nitrogen and oxygen atoms in total. The Morgan fingerprint density at radius 3 is 2.39 bits per heavy atom. The molecule has 2 heterocycles. The number of nitrogens with zero attached hydrogens (tertiary/aromatic N) is 1. The predicted octanol–water partition coefficient (Wildman–Crippen LogP) is 4.58. The van der Waals surface area contributed by atoms with Crippen molar-refractivity contribution in [1.82, 2.24) is 10.3 Å². The smallest absolute Gasteiger partial charge is 0.319 e. The fourth-order valence-electron chi connectivity index (χ4n) is 2.43. The number of benzene rings is 1. The number of furan rings is 1. The Labute approximate surface area is 166 Å². The lowest BCUT2D eigenvalue weighted by atomic mass is 10.2. The van der Waals surface area contributed by atoms with Crippen LogP contribution in [0.2, 0.25) is 0 Å². The third-order valence-electron chi connectivity index (χ3n) is 3.76. The first-order chi connectivity index (χ1) is 13.5. The van der Waals surface area contributed by atoms with Crippen LogP contribution in [-0.2, 0) is 0 Å². The highest BCUT2D eigenvalue weighted by Crippen LogP contribution is 2.29. The van der Waals surface area contributed by atoms with Crippen LogP contribution < -0.4 is 16.0 Å². The van der Waals surface area contributed by atoms with Gasteiger partial charge in [0.15, 0.2) is 10.8 Å². The van der Waals surface area contributed by atoms with Gasteiger partial charge in [-0.15, -0.1) is 17.9 Å². The molecule has 0 unspecified atom stereocenters. The summed E-state index contributed by atoms with van der Waals surface area (Å²) in [6.45, 7) is 7.57. The molecule has 2 aromatic heterocycles. The Morgan fingerprint density at radius 1 is 1.11 bits per heavy atom. The molecule has 0 saturated heterocycles. The van der Waals surface area contributed by atoms with E-state index < -0.39 is 0 Å². The summed E-state index contributed by atoms with van der Waals surface area (Å²) >= 11 is 1.28. The number of carbonyl (C=O) groups is 2. The summed E-state index contributed by atoms with van der Waals surface area (Å²) in [6.07, 6.45) is 1.60. The van der Waals surface area contributed by atoms with Crippen molar-refractivity contribution in [3.05, 3.63) is 65.4 Å². The van der Waals surface area contributed by atoms with Crippen LogP contribution in [0.1, 0.15) is 21.1 Å². The summed E-state index contributed by atoms with van der Waals surface area (Å²) in [7, 11) is 0. The molecule has 3 rings (SSSR count). The van der Waals surface area contributed by atoms with Crippen molar-refractivity contribution in [2.75, 3.05) is 17.2 Å². The molecule has 8 heteroatoms. The second-order valence-corrected chi connectivity index (χ2v) is 7.00. The summed E-state index contributed by atoms with van der Waals surface area (Å²) in [5.41, 5.74) is 1.87. The molecular formula is C20H20N4O3S. The average Bonchev–Trinajstić information content (AvgIpc) is 3.27. The van der Waals surface area contributed by atoms with Gasteiger partial charge in [0.1, 0.15) is 10.6 Å². The first-order valence-electron chi connectivity index (χ1n) is 8.57. The van der Waals surface area contributed by atoms with E-state index in [0.29, 0.717) is 39.3 Å². The largest absolute Gasteiger partial charge is 0.459 e. The second-order valence-electron chi connectivity index (χ2n) is 6.00. The molecule has 1 aromatic carbocycles. The molecule has 0 radical (unpaired) electrons. The zero-order chi connectivity index (χ0) is 20.1. The van der Waals surface area contributed by atoms with E-state index in [1.165, 1.54) is 11.3 Å². The van der Waals surface area contributed by atoms with Crippen LogP contribution in [0.25, 0.3) is 10.8 Å². The first-order valence-corrected chi connectivity index (χ1v) is 9.39. The van der Waals surface area contributed by atoms with Crippen LogP contribution in [0, 0.1) is 13.8 Å². The summed E-state index contributed by atoms with van der Waals surface area (Å²) in [5.74, 6) is 1.20. The molecular weight excluding hydrogens is 376 g/mol. The molecule has 3 amide bonds. The number of rotatable bonds is 6. The standard InChI is InChI=1S/C20H20N4O3S/c1-4-11-21-20(26)24-15-8-6-14(7-9-15)23-18(25)17-13(3)22-19(28-17)16-10-5-12(2)27-16/h4-10H,1,11H2,2-3H3,(H,23,25)(H2,21,24,26). The summed E-state index contributed by atoms with van der Waals surface area (Å²) in [6, 6.07) is 10.2. The van der Waals surface area contributed by atoms with E-state index >= 15 is 0 Å². The fourth-order valence-corrected chi connectivity index (χ4v) is 3.35. The van der Waals surface area contributed by atoms with Crippen molar-refractivity contribution in [2.45, 2.75) is 13.8 Å². The van der Waals surface area contributed by atoms with E-state index in [9.17, 15) is 9.59 Å². The van der Waals surface area contributed by atoms with Gasteiger partial charge in [-0.1, -0.05) is 6.08 Å². The van der Waals surface area contributed by atoms with Crippen LogP contribution in [0.5, 0.6) is 0 Å². The lowest BCUT2D eigenvalue weighted by Crippen LogP contribution is -2.28. The Kier molecular flexibility index (Phi) is 5.90. The summed E-state index contributed by atoms with van der Waals surface area (Å²) < 4.78 is 5.58. The Balaban J connectivity index is 1.65. The van der Waals surface area contributed by atoms with Crippen molar-refractivity contribution in [1.29, 1.82) is 0 Å². The van der Waals surface area contributed by atoms with Gasteiger partial charge in [0.2, 0.25) is 0 Å². The minimum absolute atomic E-state index is 0.242. The van der Waals surface area contributed by atoms with Crippen LogP contribution in [0.15, 0.2) is 53.5 Å². The van der Waals surface area contributed by atoms with Crippen molar-refractivity contribution < 1.29 is 14.0 Å². The molecule has 0 bridgehead atoms. The fraction of sp³-hybridized carbons (Fsp3) is 0.150. The molecule has 0 fully saturated rings. The average molecular weight is 396 g/mol. The number of hydrogen-bond donors (Lipinski definition) is 3. The van der Waals surface area contributed by atoms with E-state index in [1.54, 1.807) is 37.3 Å². The molecule has 144 valence electrons. The van der Waals surface area contributed by atoms with E-state index in [-0.39, 0.29) is 11.9 Å². The lowest BCUT2D eigenvalue weighted by molar-refractivity contribution is 0.102. The van der Waals surface area contributed by atoms with Gasteiger partial charge in [-0.3, -0.25) is 4.79 Å². The van der Waals surface area contributed by atoms with Gasteiger partial charge in [-0.25, -0.2) is 9.78 Å². The van der Waals surface area contributed by atoms with E-state index in [0.717, 1.165) is 5.76 Å². The number of urea groups is 1. The molecule has 3 aromatic rings. The maximum absolute atomic E-state index is 12.6. The minimum atomic E-state index is -0.322. The van der Waals surface area contributed by atoms with Crippen LogP contribution in [0.3, 0.4) is 0 Å². The zero-order valence-corrected chi connectivity index (χ0v) is 16.4. The number of hydrogen-bond acceptors (Lipinski definition) is 5. The molecule has 0 aliphatic heterocycles. The topological polar surface area (TPSA) is 96.3 Å². The third kappa shape index (κ3) is 4.66. The first kappa shape index (κ1) is 19.4. The Morgan fingerprint density at radius 2 is 1.79 bits per heavy atom. The highest BCUT2D eigenvalue weighted by atomic mass is 32.1. The molecule has 3 N–H and O–H groups in total. The van der Waals surface area contributed by atoms with Gasteiger partial charge < -0.3 is 20.4 Å². The number of anilines is 2. The van der Waals surface area contributed by atoms with Gasteiger partial charge in [-0.05, 0) is 50.2 Å². The number of thiazole rings is 1. The van der Waals surface area contributed by atoms with Crippen LogP contribution in [0.4, 0.5) is 16.2 Å². The highest BCUT2D eigenvalue weighted by molar-refractivity contribution is 7.17. The number of carbonyl (C=O) groups excluding carboxylic acids is 2. The normalized spacial score (nSPS) is 10.4. The van der Waals surface area contributed by atoms with Crippen LogP contribution in [-0.4, -0.2) is 23.5 Å². The van der Waals surface area contributed by atoms with E-state index in [2.05, 4.69) is 27.5 Å². The molecule has 0 aliphatic rings. The van der Waals surface area contributed by atoms with Gasteiger partial charge in [0.05, 0.1) is 5.69 Å². The van der Waals surface area contributed by atoms with Crippen molar-refractivity contribution in [3.8, 4) is 10.8 Å². The minimum Gasteiger partial charge on any atom is -0.459 e. The lowest BCUT2D eigenvalue weighted by Gasteiger charge is -2.08. The number of nitrogens with one attached hydrogen (secondary N) is 3. The van der Waals surface area contributed by atoms with Gasteiger partial charge >= 0.3 is 6.03 Å². The molecule has 0 spiro atoms. The second kappa shape index (κ2) is 8.53. The summed E-state index contributed by atoms with van der Waals surface area (Å²) in [5, 5.41) is 8.82. The number of amides is 3. The maximum atomic E-state index is 12.6. The monoisotopic (exact) mass is 396 g/mol. The molecule has 28 heavy (non-hydrogen) atoms. The Bertz CT molecular complexity index is 1000. The predicted molar refractivity (Wildman–Crippen MR) is 111 cm³/mol. The quantitative estimate of drug-likeness (QED) is 0.531. The highest BCUT2D eigenvalue weighted by Gasteiger charge is 2.18. The van der Waals surface area contributed by atoms with E-state index in [1.807, 2.05) is 19.1 Å². The third-order valence-corrected chi connectivity index (χ3v) is 4.93. The summed E-state index contributed by atoms with van der Waals surface area (Å²) in [4.78, 5) is 29.2.